The van der Waals surface area contributed by atoms with Crippen LogP contribution in [0, 0.1) is 0 Å². The number of carbonyl (C=O) groups is 1. The molecule has 5 heteroatoms. The Bertz CT molecular complexity index is 208. The number of hydrogen-bond donors (Lipinski definition) is 3. The highest BCUT2D eigenvalue weighted by atomic mass is 16.7. The molecule has 0 aromatic heterocycles. The van der Waals surface area contributed by atoms with Crippen molar-refractivity contribution in [2.24, 2.45) is 5.73 Å². The highest BCUT2D eigenvalue weighted by Gasteiger charge is 2.45. The van der Waals surface area contributed by atoms with E-state index in [4.69, 9.17) is 5.73 Å². The second kappa shape index (κ2) is 3.61. The minimum Gasteiger partial charge on any atom is -0.430 e. The van der Waals surface area contributed by atoms with Gasteiger partial charge < -0.3 is 20.7 Å². The van der Waals surface area contributed by atoms with E-state index in [2.05, 4.69) is 4.74 Å². The lowest BCUT2D eigenvalue weighted by Gasteiger charge is -2.38. The molecule has 0 aromatic carbocycles. The van der Waals surface area contributed by atoms with Crippen LogP contribution in [0.4, 0.5) is 0 Å². The molecule has 76 valence electrons. The molecule has 1 saturated carbocycles. The highest BCUT2D eigenvalue weighted by molar-refractivity contribution is 5.66. The van der Waals surface area contributed by atoms with Crippen LogP contribution in [0.15, 0.2) is 0 Å². The Labute approximate surface area is 76.5 Å². The number of ether oxygens (including phenoxy) is 1. The maximum absolute atomic E-state index is 10.6. The Morgan fingerprint density at radius 1 is 1.69 bits per heavy atom. The monoisotopic (exact) mass is 189 g/mol. The number of nitrogens with two attached hydrogens (primary N) is 1. The van der Waals surface area contributed by atoms with Crippen LogP contribution in [0.1, 0.15) is 26.2 Å². The molecule has 3 atom stereocenters. The van der Waals surface area contributed by atoms with Gasteiger partial charge in [-0.15, -0.1) is 0 Å². The van der Waals surface area contributed by atoms with Crippen LogP contribution in [0.2, 0.25) is 0 Å². The lowest BCUT2D eigenvalue weighted by atomic mass is 9.87. The molecule has 0 heterocycles. The van der Waals surface area contributed by atoms with Gasteiger partial charge in [0.1, 0.15) is 6.10 Å². The Morgan fingerprint density at radius 2 is 2.31 bits per heavy atom. The largest absolute Gasteiger partial charge is 0.430 e. The van der Waals surface area contributed by atoms with E-state index in [9.17, 15) is 15.0 Å². The average Bonchev–Trinajstić information content (AvgIpc) is 1.99. The van der Waals surface area contributed by atoms with Crippen LogP contribution in [0.5, 0.6) is 0 Å². The fourth-order valence-electron chi connectivity index (χ4n) is 1.59. The highest BCUT2D eigenvalue weighted by Crippen LogP contribution is 2.29. The van der Waals surface area contributed by atoms with Crippen LogP contribution in [0.25, 0.3) is 0 Å². The number of hydrogen-bond acceptors (Lipinski definition) is 5. The Morgan fingerprint density at radius 3 is 2.85 bits per heavy atom. The molecule has 0 saturated heterocycles. The predicted octanol–water partition coefficient (Wildman–Crippen LogP) is -0.890. The lowest BCUT2D eigenvalue weighted by Crippen LogP contribution is -2.57. The van der Waals surface area contributed by atoms with Crippen LogP contribution in [-0.4, -0.2) is 34.1 Å². The maximum atomic E-state index is 10.6. The molecule has 0 unspecified atom stereocenters. The third-order valence-corrected chi connectivity index (χ3v) is 2.26. The second-order valence-corrected chi connectivity index (χ2v) is 3.44. The van der Waals surface area contributed by atoms with Crippen LogP contribution in [-0.2, 0) is 9.53 Å². The topological polar surface area (TPSA) is 92.8 Å². The summed E-state index contributed by atoms with van der Waals surface area (Å²) in [5.41, 5.74) is 5.53. The molecule has 0 aliphatic heterocycles. The third-order valence-electron chi connectivity index (χ3n) is 2.26. The first-order valence-electron chi connectivity index (χ1n) is 4.31. The first kappa shape index (κ1) is 10.4. The molecule has 0 bridgehead atoms. The molecule has 1 aliphatic carbocycles. The first-order valence-corrected chi connectivity index (χ1v) is 4.31. The van der Waals surface area contributed by atoms with Gasteiger partial charge in [0.2, 0.25) is 5.79 Å². The van der Waals surface area contributed by atoms with Crippen molar-refractivity contribution in [2.75, 3.05) is 0 Å². The number of esters is 1. The van der Waals surface area contributed by atoms with Gasteiger partial charge in [0.05, 0.1) is 0 Å². The molecule has 0 aromatic rings. The molecule has 13 heavy (non-hydrogen) atoms. The third kappa shape index (κ3) is 2.18. The van der Waals surface area contributed by atoms with Gasteiger partial charge in [0.25, 0.3) is 0 Å². The van der Waals surface area contributed by atoms with Crippen molar-refractivity contribution < 1.29 is 19.7 Å². The van der Waals surface area contributed by atoms with Gasteiger partial charge >= 0.3 is 5.97 Å². The standard InChI is InChI=1S/C8H15NO4/c1-5(10)13-8(12)4-2-3-6(9)7(8)11/h6-7,11-12H,2-4,9H2,1H3/t6-,7+,8-/m1/s1. The average molecular weight is 189 g/mol. The lowest BCUT2D eigenvalue weighted by molar-refractivity contribution is -0.260. The van der Waals surface area contributed by atoms with E-state index in [1.165, 1.54) is 6.92 Å². The Kier molecular flexibility index (Phi) is 2.90. The summed E-state index contributed by atoms with van der Waals surface area (Å²) in [7, 11) is 0. The number of aliphatic hydroxyl groups is 2. The van der Waals surface area contributed by atoms with E-state index in [0.717, 1.165) is 0 Å². The summed E-state index contributed by atoms with van der Waals surface area (Å²) in [4.78, 5) is 10.6. The molecule has 0 spiro atoms. The van der Waals surface area contributed by atoms with Gasteiger partial charge in [-0.1, -0.05) is 0 Å². The summed E-state index contributed by atoms with van der Waals surface area (Å²) >= 11 is 0. The smallest absolute Gasteiger partial charge is 0.305 e. The van der Waals surface area contributed by atoms with E-state index >= 15 is 0 Å². The summed E-state index contributed by atoms with van der Waals surface area (Å²) in [6.45, 7) is 1.19. The summed E-state index contributed by atoms with van der Waals surface area (Å²) in [5, 5.41) is 19.2. The molecular formula is C8H15NO4. The summed E-state index contributed by atoms with van der Waals surface area (Å²) in [6, 6.07) is -0.530. The van der Waals surface area contributed by atoms with E-state index in [1.807, 2.05) is 0 Å². The van der Waals surface area contributed by atoms with Crippen molar-refractivity contribution >= 4 is 5.97 Å². The molecule has 5 nitrogen and oxygen atoms in total. The van der Waals surface area contributed by atoms with E-state index in [1.54, 1.807) is 0 Å². The molecule has 1 rings (SSSR count). The zero-order valence-corrected chi connectivity index (χ0v) is 7.56. The molecule has 0 radical (unpaired) electrons. The van der Waals surface area contributed by atoms with Crippen LogP contribution < -0.4 is 5.73 Å². The van der Waals surface area contributed by atoms with Crippen molar-refractivity contribution in [1.29, 1.82) is 0 Å². The summed E-state index contributed by atoms with van der Waals surface area (Å²) in [5.74, 6) is -2.40. The van der Waals surface area contributed by atoms with Gasteiger partial charge in [-0.2, -0.15) is 0 Å². The van der Waals surface area contributed by atoms with Crippen molar-refractivity contribution in [3.8, 4) is 0 Å². The maximum Gasteiger partial charge on any atom is 0.305 e. The second-order valence-electron chi connectivity index (χ2n) is 3.44. The SMILES string of the molecule is CC(=O)O[C@]1(O)CCC[C@@H](N)[C@@H]1O. The van der Waals surface area contributed by atoms with Gasteiger partial charge in [0, 0.05) is 19.4 Å². The number of aliphatic hydroxyl groups excluding tert-OH is 1. The van der Waals surface area contributed by atoms with Crippen LogP contribution >= 0.6 is 0 Å². The van der Waals surface area contributed by atoms with Gasteiger partial charge in [-0.05, 0) is 12.8 Å². The molecular weight excluding hydrogens is 174 g/mol. The summed E-state index contributed by atoms with van der Waals surface area (Å²) in [6.07, 6.45) is 0.318. The minimum absolute atomic E-state index is 0.238. The number of carbonyl (C=O) groups excluding carboxylic acids is 1. The van der Waals surface area contributed by atoms with Gasteiger partial charge in [-0.3, -0.25) is 4.79 Å². The van der Waals surface area contributed by atoms with Crippen LogP contribution in [0.3, 0.4) is 0 Å². The van der Waals surface area contributed by atoms with Crippen molar-refractivity contribution in [1.82, 2.24) is 0 Å². The molecule has 1 aliphatic rings. The number of rotatable bonds is 1. The fraction of sp³-hybridized carbons (Fsp3) is 0.875. The predicted molar refractivity (Wildman–Crippen MR) is 44.5 cm³/mol. The Hall–Kier alpha value is -0.650. The normalized spacial score (nSPS) is 40.0. The van der Waals surface area contributed by atoms with Gasteiger partial charge in [0.15, 0.2) is 0 Å². The van der Waals surface area contributed by atoms with Crippen molar-refractivity contribution in [3.05, 3.63) is 0 Å². The first-order chi connectivity index (χ1) is 5.96. The zero-order chi connectivity index (χ0) is 10.1. The van der Waals surface area contributed by atoms with Crippen molar-refractivity contribution in [2.45, 2.75) is 44.1 Å². The summed E-state index contributed by atoms with van der Waals surface area (Å²) < 4.78 is 4.65. The molecule has 4 N–H and O–H groups in total. The van der Waals surface area contributed by atoms with E-state index in [0.29, 0.717) is 12.8 Å². The minimum atomic E-state index is -1.79. The quantitative estimate of drug-likeness (QED) is 0.367. The van der Waals surface area contributed by atoms with Gasteiger partial charge in [-0.25, -0.2) is 0 Å². The Balaban J connectivity index is 2.69. The fourth-order valence-corrected chi connectivity index (χ4v) is 1.59. The zero-order valence-electron chi connectivity index (χ0n) is 7.56. The van der Waals surface area contributed by atoms with Crippen molar-refractivity contribution in [3.63, 3.8) is 0 Å². The molecule has 0 amide bonds. The van der Waals surface area contributed by atoms with E-state index < -0.39 is 23.9 Å². The molecule has 1 fully saturated rings. The van der Waals surface area contributed by atoms with E-state index in [-0.39, 0.29) is 6.42 Å².